The van der Waals surface area contributed by atoms with Crippen molar-refractivity contribution in [2.24, 2.45) is 17.8 Å². The zero-order valence-electron chi connectivity index (χ0n) is 8.12. The second kappa shape index (κ2) is 5.92. The highest BCUT2D eigenvalue weighted by Crippen LogP contribution is 2.16. The van der Waals surface area contributed by atoms with Gasteiger partial charge in [0.2, 0.25) is 0 Å². The summed E-state index contributed by atoms with van der Waals surface area (Å²) in [6, 6.07) is 0. The van der Waals surface area contributed by atoms with Crippen LogP contribution >= 0.6 is 0 Å². The van der Waals surface area contributed by atoms with Crippen LogP contribution in [0.25, 0.3) is 0 Å². The van der Waals surface area contributed by atoms with E-state index in [1.807, 2.05) is 20.8 Å². The van der Waals surface area contributed by atoms with Crippen LogP contribution in [-0.4, -0.2) is 12.6 Å². The summed E-state index contributed by atoms with van der Waals surface area (Å²) in [5.41, 5.74) is 0. The van der Waals surface area contributed by atoms with Crippen molar-refractivity contribution in [3.63, 3.8) is 0 Å². The Morgan fingerprint density at radius 2 is 1.58 bits per heavy atom. The van der Waals surface area contributed by atoms with E-state index in [1.54, 1.807) is 0 Å². The van der Waals surface area contributed by atoms with Crippen molar-refractivity contribution in [2.45, 2.75) is 33.6 Å². The highest BCUT2D eigenvalue weighted by molar-refractivity contribution is 5.55. The summed E-state index contributed by atoms with van der Waals surface area (Å²) in [6.45, 7) is 5.95. The third kappa shape index (κ3) is 4.27. The number of hydrogen-bond donors (Lipinski definition) is 0. The van der Waals surface area contributed by atoms with Crippen LogP contribution < -0.4 is 0 Å². The molecule has 0 heterocycles. The Balaban J connectivity index is 3.72. The molecule has 0 aromatic rings. The third-order valence-corrected chi connectivity index (χ3v) is 2.22. The van der Waals surface area contributed by atoms with E-state index in [0.29, 0.717) is 5.92 Å². The fraction of sp³-hybridized carbons (Fsp3) is 0.800. The van der Waals surface area contributed by atoms with Gasteiger partial charge in [-0.2, -0.15) is 0 Å². The first-order valence-corrected chi connectivity index (χ1v) is 4.52. The van der Waals surface area contributed by atoms with Gasteiger partial charge in [0, 0.05) is 11.8 Å². The lowest BCUT2D eigenvalue weighted by Gasteiger charge is -2.14. The van der Waals surface area contributed by atoms with Crippen molar-refractivity contribution in [3.05, 3.63) is 0 Å². The van der Waals surface area contributed by atoms with Crippen LogP contribution in [0.2, 0.25) is 0 Å². The molecule has 0 radical (unpaired) electrons. The van der Waals surface area contributed by atoms with Crippen molar-refractivity contribution in [2.75, 3.05) is 0 Å². The molecule has 0 saturated carbocycles. The van der Waals surface area contributed by atoms with Gasteiger partial charge in [-0.15, -0.1) is 0 Å². The lowest BCUT2D eigenvalue weighted by molar-refractivity contribution is -0.114. The minimum atomic E-state index is 0.0891. The fourth-order valence-electron chi connectivity index (χ4n) is 1.08. The Morgan fingerprint density at radius 3 is 1.92 bits per heavy atom. The molecule has 2 unspecified atom stereocenters. The van der Waals surface area contributed by atoms with Crippen LogP contribution in [-0.2, 0) is 9.59 Å². The van der Waals surface area contributed by atoms with Gasteiger partial charge in [-0.1, -0.05) is 20.8 Å². The average molecular weight is 170 g/mol. The van der Waals surface area contributed by atoms with Crippen LogP contribution in [0.5, 0.6) is 0 Å². The number of hydrogen-bond acceptors (Lipinski definition) is 2. The molecule has 0 aromatic carbocycles. The molecule has 0 saturated heterocycles. The molecule has 2 nitrogen and oxygen atoms in total. The first-order valence-electron chi connectivity index (χ1n) is 4.52. The van der Waals surface area contributed by atoms with Crippen LogP contribution in [0.15, 0.2) is 0 Å². The zero-order valence-corrected chi connectivity index (χ0v) is 8.12. The minimum absolute atomic E-state index is 0.0891. The first-order chi connectivity index (χ1) is 5.61. The van der Waals surface area contributed by atoms with E-state index in [-0.39, 0.29) is 11.8 Å². The zero-order chi connectivity index (χ0) is 9.56. The Bertz CT molecular complexity index is 141. The van der Waals surface area contributed by atoms with Gasteiger partial charge in [-0.05, 0) is 18.8 Å². The van der Waals surface area contributed by atoms with Crippen molar-refractivity contribution in [3.8, 4) is 0 Å². The molecule has 0 fully saturated rings. The van der Waals surface area contributed by atoms with Crippen LogP contribution in [0.3, 0.4) is 0 Å². The number of aldehydes is 2. The fourth-order valence-corrected chi connectivity index (χ4v) is 1.08. The predicted molar refractivity (Wildman–Crippen MR) is 48.9 cm³/mol. The summed E-state index contributed by atoms with van der Waals surface area (Å²) in [7, 11) is 0. The van der Waals surface area contributed by atoms with Gasteiger partial charge >= 0.3 is 0 Å². The van der Waals surface area contributed by atoms with E-state index in [1.165, 1.54) is 0 Å². The summed E-state index contributed by atoms with van der Waals surface area (Å²) in [6.07, 6.45) is 3.61. The van der Waals surface area contributed by atoms with Crippen molar-refractivity contribution >= 4 is 12.6 Å². The molecule has 0 aromatic heterocycles. The van der Waals surface area contributed by atoms with Gasteiger partial charge < -0.3 is 9.59 Å². The van der Waals surface area contributed by atoms with Crippen LogP contribution in [0, 0.1) is 17.8 Å². The van der Waals surface area contributed by atoms with E-state index < -0.39 is 0 Å². The minimum Gasteiger partial charge on any atom is -0.303 e. The standard InChI is InChI=1S/C10H18O2/c1-8(2)10(7-12)5-4-9(3)6-11/h6-10H,4-5H2,1-3H3. The Hall–Kier alpha value is -0.660. The smallest absolute Gasteiger partial charge is 0.123 e. The second-order valence-corrected chi connectivity index (χ2v) is 3.73. The normalized spacial score (nSPS) is 15.7. The average Bonchev–Trinajstić information content (AvgIpc) is 2.04. The molecule has 0 N–H and O–H groups in total. The summed E-state index contributed by atoms with van der Waals surface area (Å²) < 4.78 is 0. The topological polar surface area (TPSA) is 34.1 Å². The Kier molecular flexibility index (Phi) is 5.60. The van der Waals surface area contributed by atoms with E-state index >= 15 is 0 Å². The highest BCUT2D eigenvalue weighted by Gasteiger charge is 2.13. The molecular formula is C10H18O2. The van der Waals surface area contributed by atoms with Crippen molar-refractivity contribution < 1.29 is 9.59 Å². The summed E-state index contributed by atoms with van der Waals surface area (Å²) in [4.78, 5) is 20.8. The van der Waals surface area contributed by atoms with Crippen LogP contribution in [0.1, 0.15) is 33.6 Å². The first kappa shape index (κ1) is 11.3. The number of carbonyl (C=O) groups excluding carboxylic acids is 2. The monoisotopic (exact) mass is 170 g/mol. The van der Waals surface area contributed by atoms with Crippen LogP contribution in [0.4, 0.5) is 0 Å². The summed E-state index contributed by atoms with van der Waals surface area (Å²) in [5.74, 6) is 0.597. The van der Waals surface area contributed by atoms with Gasteiger partial charge in [-0.3, -0.25) is 0 Å². The molecule has 2 atom stereocenters. The van der Waals surface area contributed by atoms with Gasteiger partial charge in [0.05, 0.1) is 0 Å². The van der Waals surface area contributed by atoms with Gasteiger partial charge in [0.1, 0.15) is 12.6 Å². The van der Waals surface area contributed by atoms with Gasteiger partial charge in [0.15, 0.2) is 0 Å². The molecule has 70 valence electrons. The maximum atomic E-state index is 10.6. The third-order valence-electron chi connectivity index (χ3n) is 2.22. The van der Waals surface area contributed by atoms with E-state index in [9.17, 15) is 9.59 Å². The molecule has 0 amide bonds. The van der Waals surface area contributed by atoms with E-state index in [0.717, 1.165) is 25.4 Å². The largest absolute Gasteiger partial charge is 0.303 e. The van der Waals surface area contributed by atoms with E-state index in [2.05, 4.69) is 0 Å². The molecule has 0 aliphatic carbocycles. The van der Waals surface area contributed by atoms with Crippen molar-refractivity contribution in [1.82, 2.24) is 0 Å². The van der Waals surface area contributed by atoms with Crippen molar-refractivity contribution in [1.29, 1.82) is 0 Å². The summed E-state index contributed by atoms with van der Waals surface area (Å²) in [5, 5.41) is 0. The molecule has 0 bridgehead atoms. The molecule has 12 heavy (non-hydrogen) atoms. The lowest BCUT2D eigenvalue weighted by atomic mass is 9.90. The molecule has 0 spiro atoms. The summed E-state index contributed by atoms with van der Waals surface area (Å²) >= 11 is 0. The molecule has 0 rings (SSSR count). The van der Waals surface area contributed by atoms with Gasteiger partial charge in [0.25, 0.3) is 0 Å². The number of carbonyl (C=O) groups is 2. The number of rotatable bonds is 6. The Labute approximate surface area is 74.3 Å². The predicted octanol–water partition coefficient (Wildman–Crippen LogP) is 2.07. The Morgan fingerprint density at radius 1 is 1.00 bits per heavy atom. The SMILES string of the molecule is CC(C=O)CCC(C=O)C(C)C. The lowest BCUT2D eigenvalue weighted by Crippen LogP contribution is -2.11. The molecule has 0 aliphatic rings. The maximum Gasteiger partial charge on any atom is 0.123 e. The molecular weight excluding hydrogens is 152 g/mol. The maximum absolute atomic E-state index is 10.6. The highest BCUT2D eigenvalue weighted by atomic mass is 16.1. The quantitative estimate of drug-likeness (QED) is 0.572. The van der Waals surface area contributed by atoms with E-state index in [4.69, 9.17) is 0 Å². The molecule has 0 aliphatic heterocycles. The molecule has 2 heteroatoms. The van der Waals surface area contributed by atoms with Gasteiger partial charge in [-0.25, -0.2) is 0 Å². The second-order valence-electron chi connectivity index (χ2n) is 3.73.